The molecule has 6 nitrogen and oxygen atoms in total. The second kappa shape index (κ2) is 5.37. The zero-order chi connectivity index (χ0) is 15.8. The topological polar surface area (TPSA) is 86.7 Å². The van der Waals surface area contributed by atoms with E-state index < -0.39 is 29.5 Å². The van der Waals surface area contributed by atoms with Crippen LogP contribution >= 0.6 is 11.6 Å². The molecule has 1 aromatic rings. The Labute approximate surface area is 126 Å². The smallest absolute Gasteiger partial charge is 0.326 e. The van der Waals surface area contributed by atoms with Gasteiger partial charge in [-0.3, -0.25) is 4.79 Å². The van der Waals surface area contributed by atoms with Crippen LogP contribution in [0.3, 0.4) is 0 Å². The van der Waals surface area contributed by atoms with Gasteiger partial charge >= 0.3 is 12.0 Å². The van der Waals surface area contributed by atoms with Gasteiger partial charge in [-0.2, -0.15) is 0 Å². The van der Waals surface area contributed by atoms with E-state index in [0.29, 0.717) is 17.0 Å². The van der Waals surface area contributed by atoms with E-state index in [1.165, 1.54) is 6.92 Å². The first-order valence-electron chi connectivity index (χ1n) is 6.48. The van der Waals surface area contributed by atoms with E-state index >= 15 is 0 Å². The van der Waals surface area contributed by atoms with Crippen molar-refractivity contribution in [1.82, 2.24) is 10.2 Å². The number of carbonyl (C=O) groups is 3. The monoisotopic (exact) mass is 310 g/mol. The lowest BCUT2D eigenvalue weighted by Gasteiger charge is -2.26. The summed E-state index contributed by atoms with van der Waals surface area (Å²) in [4.78, 5) is 36.5. The average molecular weight is 311 g/mol. The van der Waals surface area contributed by atoms with Crippen molar-refractivity contribution in [3.8, 4) is 0 Å². The number of amides is 3. The fourth-order valence-corrected chi connectivity index (χ4v) is 2.56. The number of aliphatic carboxylic acids is 1. The number of nitrogens with one attached hydrogen (secondary N) is 1. The van der Waals surface area contributed by atoms with E-state index in [4.69, 9.17) is 16.7 Å². The van der Waals surface area contributed by atoms with E-state index in [1.807, 2.05) is 0 Å². The molecule has 1 heterocycles. The van der Waals surface area contributed by atoms with Gasteiger partial charge in [0, 0.05) is 5.02 Å². The molecule has 1 fully saturated rings. The van der Waals surface area contributed by atoms with Gasteiger partial charge in [-0.15, -0.1) is 0 Å². The summed E-state index contributed by atoms with van der Waals surface area (Å²) < 4.78 is 0. The number of rotatable bonds is 4. The number of halogens is 1. The number of hydrogen-bond donors (Lipinski definition) is 2. The second-order valence-electron chi connectivity index (χ2n) is 4.89. The Morgan fingerprint density at radius 2 is 1.95 bits per heavy atom. The lowest BCUT2D eigenvalue weighted by molar-refractivity contribution is -0.147. The Kier molecular flexibility index (Phi) is 3.91. The van der Waals surface area contributed by atoms with Gasteiger partial charge in [0.15, 0.2) is 0 Å². The van der Waals surface area contributed by atoms with Crippen LogP contribution in [0.4, 0.5) is 4.79 Å². The molecule has 1 aliphatic rings. The molecule has 0 spiro atoms. The fraction of sp³-hybridized carbons (Fsp3) is 0.357. The van der Waals surface area contributed by atoms with Crippen molar-refractivity contribution >= 4 is 29.5 Å². The molecule has 0 aliphatic carbocycles. The van der Waals surface area contributed by atoms with Crippen LogP contribution in [0.5, 0.6) is 0 Å². The van der Waals surface area contributed by atoms with E-state index in [1.54, 1.807) is 31.2 Å². The molecule has 2 unspecified atom stereocenters. The maximum Gasteiger partial charge on any atom is 0.326 e. The summed E-state index contributed by atoms with van der Waals surface area (Å²) in [6.07, 6.45) is 0.308. The Bertz CT molecular complexity index is 601. The summed E-state index contributed by atoms with van der Waals surface area (Å²) in [5, 5.41) is 12.2. The highest BCUT2D eigenvalue weighted by atomic mass is 35.5. The minimum Gasteiger partial charge on any atom is -0.480 e. The number of carboxylic acid groups (broad SMARTS) is 1. The number of imide groups is 1. The maximum absolute atomic E-state index is 12.6. The molecular formula is C14H15ClN2O4. The van der Waals surface area contributed by atoms with Crippen LogP contribution in [-0.2, 0) is 15.1 Å². The highest BCUT2D eigenvalue weighted by Crippen LogP contribution is 2.33. The van der Waals surface area contributed by atoms with Crippen molar-refractivity contribution in [1.29, 1.82) is 0 Å². The van der Waals surface area contributed by atoms with E-state index in [0.717, 1.165) is 4.90 Å². The minimum absolute atomic E-state index is 0.308. The molecular weight excluding hydrogens is 296 g/mol. The Hall–Kier alpha value is -2.08. The highest BCUT2D eigenvalue weighted by Gasteiger charge is 2.53. The summed E-state index contributed by atoms with van der Waals surface area (Å²) in [5.74, 6) is -1.80. The van der Waals surface area contributed by atoms with Crippen LogP contribution in [0.1, 0.15) is 25.8 Å². The van der Waals surface area contributed by atoms with Gasteiger partial charge in [-0.25, -0.2) is 14.5 Å². The van der Waals surface area contributed by atoms with Gasteiger partial charge in [0.2, 0.25) is 0 Å². The van der Waals surface area contributed by atoms with Crippen LogP contribution in [0.15, 0.2) is 24.3 Å². The van der Waals surface area contributed by atoms with Gasteiger partial charge in [-0.05, 0) is 31.0 Å². The Morgan fingerprint density at radius 3 is 2.43 bits per heavy atom. The number of hydrogen-bond acceptors (Lipinski definition) is 3. The molecule has 2 rings (SSSR count). The SMILES string of the molecule is CCC1(c2ccc(Cl)cc2)NC(=O)N(C(C)C(=O)O)C1=O. The van der Waals surface area contributed by atoms with E-state index in [9.17, 15) is 14.4 Å². The van der Waals surface area contributed by atoms with Crippen molar-refractivity contribution < 1.29 is 19.5 Å². The lowest BCUT2D eigenvalue weighted by Crippen LogP contribution is -2.46. The Balaban J connectivity index is 2.46. The third-order valence-electron chi connectivity index (χ3n) is 3.74. The number of carbonyl (C=O) groups excluding carboxylic acids is 2. The predicted octanol–water partition coefficient (Wildman–Crippen LogP) is 1.97. The zero-order valence-electron chi connectivity index (χ0n) is 11.6. The van der Waals surface area contributed by atoms with Crippen molar-refractivity contribution in [2.75, 3.05) is 0 Å². The van der Waals surface area contributed by atoms with Gasteiger partial charge in [-0.1, -0.05) is 30.7 Å². The van der Waals surface area contributed by atoms with Gasteiger partial charge in [0.1, 0.15) is 11.6 Å². The van der Waals surface area contributed by atoms with Gasteiger partial charge in [0.25, 0.3) is 5.91 Å². The maximum atomic E-state index is 12.6. The largest absolute Gasteiger partial charge is 0.480 e. The van der Waals surface area contributed by atoms with Crippen molar-refractivity contribution in [3.63, 3.8) is 0 Å². The third kappa shape index (κ3) is 2.35. The standard InChI is InChI=1S/C14H15ClN2O4/c1-3-14(9-4-6-10(15)7-5-9)12(20)17(13(21)16-14)8(2)11(18)19/h4-8H,3H2,1-2H3,(H,16,21)(H,18,19). The summed E-state index contributed by atoms with van der Waals surface area (Å²) in [5.41, 5.74) is -0.668. The van der Waals surface area contributed by atoms with Crippen LogP contribution in [-0.4, -0.2) is 34.0 Å². The predicted molar refractivity (Wildman–Crippen MR) is 75.9 cm³/mol. The average Bonchev–Trinajstić information content (AvgIpc) is 2.70. The fourth-order valence-electron chi connectivity index (χ4n) is 2.43. The molecule has 0 aromatic heterocycles. The number of urea groups is 1. The van der Waals surface area contributed by atoms with Gasteiger partial charge in [0.05, 0.1) is 0 Å². The molecule has 1 aliphatic heterocycles. The normalized spacial score (nSPS) is 23.1. The van der Waals surface area contributed by atoms with Crippen molar-refractivity contribution in [3.05, 3.63) is 34.9 Å². The first kappa shape index (κ1) is 15.3. The van der Waals surface area contributed by atoms with Gasteiger partial charge < -0.3 is 10.4 Å². The molecule has 1 saturated heterocycles. The first-order valence-corrected chi connectivity index (χ1v) is 6.86. The number of nitrogens with zero attached hydrogens (tertiary/aromatic N) is 1. The van der Waals surface area contributed by atoms with E-state index in [-0.39, 0.29) is 0 Å². The molecule has 2 N–H and O–H groups in total. The molecule has 0 saturated carbocycles. The highest BCUT2D eigenvalue weighted by molar-refractivity contribution is 6.30. The number of carboxylic acids is 1. The minimum atomic E-state index is -1.24. The van der Waals surface area contributed by atoms with Crippen molar-refractivity contribution in [2.45, 2.75) is 31.8 Å². The summed E-state index contributed by atoms with van der Waals surface area (Å²) in [6, 6.07) is 4.62. The van der Waals surface area contributed by atoms with Crippen molar-refractivity contribution in [2.24, 2.45) is 0 Å². The second-order valence-corrected chi connectivity index (χ2v) is 5.32. The molecule has 0 radical (unpaired) electrons. The Morgan fingerprint density at radius 1 is 1.38 bits per heavy atom. The first-order chi connectivity index (χ1) is 9.83. The molecule has 112 valence electrons. The summed E-state index contributed by atoms with van der Waals surface area (Å²) in [6.45, 7) is 3.05. The molecule has 2 atom stereocenters. The molecule has 21 heavy (non-hydrogen) atoms. The van der Waals surface area contributed by atoms with Crippen LogP contribution in [0.2, 0.25) is 5.02 Å². The van der Waals surface area contributed by atoms with Crippen LogP contribution < -0.4 is 5.32 Å². The molecule has 1 aromatic carbocycles. The van der Waals surface area contributed by atoms with E-state index in [2.05, 4.69) is 5.32 Å². The quantitative estimate of drug-likeness (QED) is 0.832. The summed E-state index contributed by atoms with van der Waals surface area (Å²) >= 11 is 5.83. The summed E-state index contributed by atoms with van der Waals surface area (Å²) in [7, 11) is 0. The molecule has 3 amide bonds. The third-order valence-corrected chi connectivity index (χ3v) is 3.99. The van der Waals surface area contributed by atoms with Crippen LogP contribution in [0, 0.1) is 0 Å². The van der Waals surface area contributed by atoms with Crippen LogP contribution in [0.25, 0.3) is 0 Å². The number of benzene rings is 1. The molecule has 7 heteroatoms. The molecule has 0 bridgehead atoms. The lowest BCUT2D eigenvalue weighted by atomic mass is 9.87. The zero-order valence-corrected chi connectivity index (χ0v) is 12.3.